The van der Waals surface area contributed by atoms with E-state index in [1.807, 2.05) is 5.43 Å². The van der Waals surface area contributed by atoms with Gasteiger partial charge in [-0.05, 0) is 0 Å². The number of hydrogen-bond acceptors (Lipinski definition) is 5. The smallest absolute Gasteiger partial charge is 0.292 e. The Bertz CT molecular complexity index is 218. The summed E-state index contributed by atoms with van der Waals surface area (Å²) in [5.41, 5.74) is 1.87. The van der Waals surface area contributed by atoms with Crippen LogP contribution in [0.15, 0.2) is 0 Å². The van der Waals surface area contributed by atoms with Crippen LogP contribution in [0.5, 0.6) is 0 Å². The van der Waals surface area contributed by atoms with E-state index >= 15 is 0 Å². The molecule has 5 nitrogen and oxygen atoms in total. The van der Waals surface area contributed by atoms with E-state index in [0.717, 1.165) is 0 Å². The summed E-state index contributed by atoms with van der Waals surface area (Å²) in [6, 6.07) is 0. The summed E-state index contributed by atoms with van der Waals surface area (Å²) in [5.74, 6) is 4.41. The maximum absolute atomic E-state index is 12.0. The Morgan fingerprint density at radius 1 is 1.10 bits per heavy atom. The number of rotatable bonds is 1. The number of nitrogens with one attached hydrogen (secondary N) is 1. The summed E-state index contributed by atoms with van der Waals surface area (Å²) in [7, 11) is 0. The number of nitrogens with zero attached hydrogens (tertiary/aromatic N) is 3. The molecule has 7 heteroatoms. The minimum Gasteiger partial charge on any atom is -0.292 e. The van der Waals surface area contributed by atoms with Crippen LogP contribution < -0.4 is 11.3 Å². The molecule has 0 amide bonds. The van der Waals surface area contributed by atoms with Gasteiger partial charge in [-0.3, -0.25) is 5.43 Å². The van der Waals surface area contributed by atoms with Crippen molar-refractivity contribution in [1.29, 1.82) is 0 Å². The van der Waals surface area contributed by atoms with Gasteiger partial charge < -0.3 is 0 Å². The zero-order valence-electron chi connectivity index (χ0n) is 4.67. The molecule has 0 unspecified atom stereocenters. The maximum atomic E-state index is 12.0. The Morgan fingerprint density at radius 2 is 1.60 bits per heavy atom. The molecule has 0 radical (unpaired) electrons. The van der Waals surface area contributed by atoms with Gasteiger partial charge in [-0.1, -0.05) is 0 Å². The molecule has 1 heterocycles. The Kier molecular flexibility index (Phi) is 1.67. The predicted octanol–water partition coefficient (Wildman–Crippen LogP) is -0.565. The molecule has 0 spiro atoms. The number of hydrazine groups is 1. The van der Waals surface area contributed by atoms with Gasteiger partial charge in [-0.25, -0.2) is 5.84 Å². The third kappa shape index (κ3) is 1.32. The number of halogens is 2. The minimum absolute atomic E-state index is 0.343. The van der Waals surface area contributed by atoms with E-state index in [1.54, 1.807) is 0 Å². The first-order valence-corrected chi connectivity index (χ1v) is 2.26. The van der Waals surface area contributed by atoms with E-state index in [0.29, 0.717) is 0 Å². The van der Waals surface area contributed by atoms with Gasteiger partial charge in [0.25, 0.3) is 0 Å². The summed E-state index contributed by atoms with van der Waals surface area (Å²) in [4.78, 5) is 8.61. The van der Waals surface area contributed by atoms with Crippen molar-refractivity contribution in [3.8, 4) is 0 Å². The third-order valence-electron chi connectivity index (χ3n) is 0.710. The van der Waals surface area contributed by atoms with Gasteiger partial charge in [0.15, 0.2) is 0 Å². The predicted molar refractivity (Wildman–Crippen MR) is 27.6 cm³/mol. The number of nitrogen functional groups attached to an aromatic ring is 1. The molecule has 1 aromatic heterocycles. The number of anilines is 1. The van der Waals surface area contributed by atoms with Crippen LogP contribution in [0.2, 0.25) is 0 Å². The minimum atomic E-state index is -1.21. The first-order chi connectivity index (χ1) is 4.72. The largest absolute Gasteiger partial charge is 0.315 e. The van der Waals surface area contributed by atoms with Gasteiger partial charge in [0.1, 0.15) is 0 Å². The van der Waals surface area contributed by atoms with Gasteiger partial charge in [-0.2, -0.15) is 23.7 Å². The fourth-order valence-electron chi connectivity index (χ4n) is 0.390. The van der Waals surface area contributed by atoms with Crippen molar-refractivity contribution in [2.75, 3.05) is 5.43 Å². The first-order valence-electron chi connectivity index (χ1n) is 2.26. The number of aromatic nitrogens is 3. The van der Waals surface area contributed by atoms with E-state index in [-0.39, 0.29) is 5.95 Å². The van der Waals surface area contributed by atoms with Crippen molar-refractivity contribution in [1.82, 2.24) is 15.0 Å². The average molecular weight is 147 g/mol. The van der Waals surface area contributed by atoms with E-state index in [1.165, 1.54) is 0 Å². The molecule has 54 valence electrons. The highest BCUT2D eigenvalue weighted by molar-refractivity contribution is 5.17. The lowest BCUT2D eigenvalue weighted by Crippen LogP contribution is -2.13. The molecular formula is C3H3F2N5. The van der Waals surface area contributed by atoms with Gasteiger partial charge in [0.2, 0.25) is 5.95 Å². The molecule has 3 N–H and O–H groups in total. The maximum Gasteiger partial charge on any atom is 0.315 e. The summed E-state index contributed by atoms with van der Waals surface area (Å²) in [6.07, 6.45) is -2.42. The molecule has 0 aliphatic heterocycles. The zero-order chi connectivity index (χ0) is 7.56. The molecule has 0 aromatic carbocycles. The van der Waals surface area contributed by atoms with Crippen molar-refractivity contribution in [2.24, 2.45) is 5.84 Å². The quantitative estimate of drug-likeness (QED) is 0.411. The highest BCUT2D eigenvalue weighted by Crippen LogP contribution is 1.95. The second-order valence-electron chi connectivity index (χ2n) is 1.34. The molecule has 0 bridgehead atoms. The van der Waals surface area contributed by atoms with Crippen LogP contribution in [0, 0.1) is 12.2 Å². The van der Waals surface area contributed by atoms with E-state index in [9.17, 15) is 8.78 Å². The SMILES string of the molecule is NNc1nc(F)nc(F)n1. The van der Waals surface area contributed by atoms with Crippen molar-refractivity contribution >= 4 is 5.95 Å². The molecule has 0 fully saturated rings. The Morgan fingerprint density at radius 3 is 2.00 bits per heavy atom. The monoisotopic (exact) mass is 147 g/mol. The topological polar surface area (TPSA) is 76.7 Å². The summed E-state index contributed by atoms with van der Waals surface area (Å²) >= 11 is 0. The molecule has 1 rings (SSSR count). The zero-order valence-corrected chi connectivity index (χ0v) is 4.67. The molecule has 10 heavy (non-hydrogen) atoms. The fraction of sp³-hybridized carbons (Fsp3) is 0. The second-order valence-corrected chi connectivity index (χ2v) is 1.34. The molecule has 0 atom stereocenters. The Balaban J connectivity index is 3.06. The highest BCUT2D eigenvalue weighted by Gasteiger charge is 2.01. The molecule has 0 aliphatic rings. The Hall–Kier alpha value is -1.37. The molecular weight excluding hydrogens is 144 g/mol. The van der Waals surface area contributed by atoms with E-state index in [2.05, 4.69) is 15.0 Å². The van der Waals surface area contributed by atoms with Crippen LogP contribution in [0.3, 0.4) is 0 Å². The van der Waals surface area contributed by atoms with Crippen molar-refractivity contribution in [3.05, 3.63) is 12.2 Å². The van der Waals surface area contributed by atoms with Crippen molar-refractivity contribution in [3.63, 3.8) is 0 Å². The van der Waals surface area contributed by atoms with Crippen LogP contribution in [0.4, 0.5) is 14.7 Å². The van der Waals surface area contributed by atoms with Crippen LogP contribution in [0.25, 0.3) is 0 Å². The summed E-state index contributed by atoms with van der Waals surface area (Å²) < 4.78 is 24.0. The lowest BCUT2D eigenvalue weighted by atomic mass is 10.9. The molecule has 0 saturated carbocycles. The van der Waals surface area contributed by atoms with Crippen molar-refractivity contribution in [2.45, 2.75) is 0 Å². The van der Waals surface area contributed by atoms with E-state index < -0.39 is 12.2 Å². The number of nitrogens with two attached hydrogens (primary N) is 1. The lowest BCUT2D eigenvalue weighted by molar-refractivity contribution is 0.457. The van der Waals surface area contributed by atoms with E-state index in [4.69, 9.17) is 5.84 Å². The standard InChI is InChI=1S/C3H3F2N5/c4-1-7-2(5)9-3(8-1)10-6/h6H2,(H,7,8,9,10). The Labute approximate surface area is 54.3 Å². The van der Waals surface area contributed by atoms with Gasteiger partial charge >= 0.3 is 12.2 Å². The first kappa shape index (κ1) is 6.75. The molecule has 0 aliphatic carbocycles. The second kappa shape index (κ2) is 2.48. The van der Waals surface area contributed by atoms with Gasteiger partial charge in [0, 0.05) is 0 Å². The highest BCUT2D eigenvalue weighted by atomic mass is 19.1. The average Bonchev–Trinajstić information content (AvgIpc) is 1.85. The normalized spacial score (nSPS) is 9.50. The van der Waals surface area contributed by atoms with Crippen LogP contribution >= 0.6 is 0 Å². The number of hydrogen-bond donors (Lipinski definition) is 2. The fourth-order valence-corrected chi connectivity index (χ4v) is 0.390. The third-order valence-corrected chi connectivity index (χ3v) is 0.710. The van der Waals surface area contributed by atoms with Crippen LogP contribution in [-0.2, 0) is 0 Å². The molecule has 0 saturated heterocycles. The summed E-state index contributed by atoms with van der Waals surface area (Å²) in [5, 5.41) is 0. The lowest BCUT2D eigenvalue weighted by Gasteiger charge is -1.94. The molecule has 1 aromatic rings. The van der Waals surface area contributed by atoms with Gasteiger partial charge in [0.05, 0.1) is 0 Å². The van der Waals surface area contributed by atoms with Crippen LogP contribution in [-0.4, -0.2) is 15.0 Å². The van der Waals surface area contributed by atoms with Crippen LogP contribution in [0.1, 0.15) is 0 Å². The van der Waals surface area contributed by atoms with Crippen molar-refractivity contribution < 1.29 is 8.78 Å². The van der Waals surface area contributed by atoms with Gasteiger partial charge in [-0.15, -0.1) is 0 Å². The summed E-state index contributed by atoms with van der Waals surface area (Å²) in [6.45, 7) is 0.